The summed E-state index contributed by atoms with van der Waals surface area (Å²) in [6.07, 6.45) is 0.414. The van der Waals surface area contributed by atoms with Crippen LogP contribution in [-0.4, -0.2) is 28.8 Å². The van der Waals surface area contributed by atoms with E-state index in [9.17, 15) is 19.2 Å². The van der Waals surface area contributed by atoms with Crippen LogP contribution in [0.4, 0.5) is 0 Å². The van der Waals surface area contributed by atoms with Gasteiger partial charge in [0.05, 0.1) is 19.3 Å². The summed E-state index contributed by atoms with van der Waals surface area (Å²) in [5, 5.41) is 23.5. The van der Waals surface area contributed by atoms with Gasteiger partial charge in [0.1, 0.15) is 0 Å². The van der Waals surface area contributed by atoms with Gasteiger partial charge in [-0.1, -0.05) is 115 Å². The first kappa shape index (κ1) is 28.9. The fraction of sp³-hybridized carbons (Fsp3) is 0.100. The standard InChI is InChI=1S/C20H14O3.C16H10.C4H4O3/c21-17(10-11-18(22)23)15-8-6-14-5-4-12-2-1-3-13-7-9-16(15)20(14)19(12)13;1-3-11-7-9-13-5-2-6-14-10-8-12(4-1)15(11)16(13)14;5-3-1-2-4(6)7-3/h1-9H,10-11H2,(H,22,23);1-10H;1-2H2. The number of benzene rings is 8. The Morgan fingerprint density at radius 3 is 1.26 bits per heavy atom. The molecule has 0 bridgehead atoms. The number of carbonyl (C=O) groups excluding carboxylic acids is 3. The highest BCUT2D eigenvalue weighted by Crippen LogP contribution is 2.36. The molecular weight excluding hydrogens is 576 g/mol. The van der Waals surface area contributed by atoms with Crippen LogP contribution in [-0.2, 0) is 19.1 Å². The highest BCUT2D eigenvalue weighted by molar-refractivity contribution is 6.26. The van der Waals surface area contributed by atoms with E-state index in [2.05, 4.69) is 89.7 Å². The second kappa shape index (κ2) is 11.9. The lowest BCUT2D eigenvalue weighted by Crippen LogP contribution is -2.04. The molecule has 0 spiro atoms. The summed E-state index contributed by atoms with van der Waals surface area (Å²) in [7, 11) is 0. The maximum Gasteiger partial charge on any atom is 0.314 e. The van der Waals surface area contributed by atoms with Gasteiger partial charge < -0.3 is 9.84 Å². The molecule has 8 aromatic carbocycles. The number of hydrogen-bond acceptors (Lipinski definition) is 5. The fourth-order valence-corrected chi connectivity index (χ4v) is 6.44. The van der Waals surface area contributed by atoms with Crippen LogP contribution < -0.4 is 0 Å². The van der Waals surface area contributed by atoms with Crippen LogP contribution in [0.15, 0.2) is 115 Å². The number of carbonyl (C=O) groups is 4. The first-order valence-corrected chi connectivity index (χ1v) is 15.1. The third-order valence-corrected chi connectivity index (χ3v) is 8.55. The Balaban J connectivity index is 0.000000126. The molecule has 46 heavy (non-hydrogen) atoms. The molecule has 0 atom stereocenters. The molecule has 1 N–H and O–H groups in total. The van der Waals surface area contributed by atoms with Crippen molar-refractivity contribution in [1.29, 1.82) is 0 Å². The minimum absolute atomic E-state index is 0.0271. The minimum atomic E-state index is -0.948. The van der Waals surface area contributed by atoms with Crippen molar-refractivity contribution in [2.75, 3.05) is 0 Å². The average molecular weight is 605 g/mol. The van der Waals surface area contributed by atoms with Gasteiger partial charge in [-0.2, -0.15) is 0 Å². The Hall–Kier alpha value is -5.88. The fourth-order valence-electron chi connectivity index (χ4n) is 6.44. The molecule has 0 saturated carbocycles. The molecule has 0 radical (unpaired) electrons. The summed E-state index contributed by atoms with van der Waals surface area (Å²) in [6, 6.07) is 39.9. The number of aliphatic carboxylic acids is 1. The van der Waals surface area contributed by atoms with Gasteiger partial charge >= 0.3 is 17.9 Å². The third kappa shape index (κ3) is 5.35. The Labute approximate surface area is 263 Å². The summed E-state index contributed by atoms with van der Waals surface area (Å²) in [6.45, 7) is 0. The van der Waals surface area contributed by atoms with Crippen LogP contribution in [0.2, 0.25) is 0 Å². The molecule has 0 unspecified atom stereocenters. The summed E-state index contributed by atoms with van der Waals surface area (Å²) in [5.74, 6) is -1.86. The zero-order valence-electron chi connectivity index (χ0n) is 24.8. The van der Waals surface area contributed by atoms with E-state index in [1.807, 2.05) is 30.3 Å². The maximum absolute atomic E-state index is 12.4. The van der Waals surface area contributed by atoms with Crippen LogP contribution in [0.25, 0.3) is 64.6 Å². The van der Waals surface area contributed by atoms with Crippen molar-refractivity contribution in [3.63, 3.8) is 0 Å². The van der Waals surface area contributed by atoms with Gasteiger partial charge in [0, 0.05) is 12.0 Å². The number of carboxylic acid groups (broad SMARTS) is 1. The summed E-state index contributed by atoms with van der Waals surface area (Å²) in [4.78, 5) is 43.2. The first-order valence-electron chi connectivity index (χ1n) is 15.1. The number of ketones is 1. The van der Waals surface area contributed by atoms with E-state index in [0.717, 1.165) is 32.3 Å². The molecule has 1 heterocycles. The van der Waals surface area contributed by atoms with E-state index in [-0.39, 0.29) is 31.5 Å². The van der Waals surface area contributed by atoms with E-state index in [4.69, 9.17) is 5.11 Å². The predicted octanol–water partition coefficient (Wildman–Crippen LogP) is 9.07. The minimum Gasteiger partial charge on any atom is -0.481 e. The number of hydrogen-bond donors (Lipinski definition) is 1. The normalized spacial score (nSPS) is 12.9. The van der Waals surface area contributed by atoms with E-state index in [0.29, 0.717) is 5.56 Å². The van der Waals surface area contributed by atoms with Crippen molar-refractivity contribution >= 4 is 88.3 Å². The van der Waals surface area contributed by atoms with Crippen LogP contribution in [0.3, 0.4) is 0 Å². The van der Waals surface area contributed by atoms with Crippen molar-refractivity contribution in [3.05, 3.63) is 121 Å². The topological polar surface area (TPSA) is 97.7 Å². The Kier molecular flexibility index (Phi) is 7.47. The second-order valence-electron chi connectivity index (χ2n) is 11.4. The smallest absolute Gasteiger partial charge is 0.314 e. The summed E-state index contributed by atoms with van der Waals surface area (Å²) >= 11 is 0. The molecule has 1 aliphatic heterocycles. The van der Waals surface area contributed by atoms with Crippen molar-refractivity contribution in [3.8, 4) is 0 Å². The predicted molar refractivity (Wildman–Crippen MR) is 182 cm³/mol. The highest BCUT2D eigenvalue weighted by atomic mass is 16.6. The number of rotatable bonds is 4. The molecule has 9 rings (SSSR count). The van der Waals surface area contributed by atoms with Crippen LogP contribution in [0.1, 0.15) is 36.0 Å². The summed E-state index contributed by atoms with van der Waals surface area (Å²) in [5.41, 5.74) is 0.608. The molecule has 224 valence electrons. The van der Waals surface area contributed by atoms with Gasteiger partial charge in [0.2, 0.25) is 0 Å². The number of esters is 2. The van der Waals surface area contributed by atoms with Crippen LogP contribution in [0.5, 0.6) is 0 Å². The van der Waals surface area contributed by atoms with Gasteiger partial charge in [-0.3, -0.25) is 19.2 Å². The largest absolute Gasteiger partial charge is 0.481 e. The first-order chi connectivity index (χ1) is 22.4. The van der Waals surface area contributed by atoms with Crippen molar-refractivity contribution < 1.29 is 29.0 Å². The third-order valence-electron chi connectivity index (χ3n) is 8.55. The van der Waals surface area contributed by atoms with Crippen LogP contribution >= 0.6 is 0 Å². The van der Waals surface area contributed by atoms with E-state index in [1.54, 1.807) is 0 Å². The lowest BCUT2D eigenvalue weighted by atomic mass is 9.90. The van der Waals surface area contributed by atoms with Gasteiger partial charge in [-0.25, -0.2) is 0 Å². The van der Waals surface area contributed by atoms with Crippen molar-refractivity contribution in [2.24, 2.45) is 0 Å². The quantitative estimate of drug-likeness (QED) is 0.0931. The molecule has 8 aromatic rings. The average Bonchev–Trinajstić information content (AvgIpc) is 3.47. The van der Waals surface area contributed by atoms with Gasteiger partial charge in [-0.15, -0.1) is 0 Å². The molecule has 0 amide bonds. The monoisotopic (exact) mass is 604 g/mol. The second-order valence-corrected chi connectivity index (χ2v) is 11.4. The van der Waals surface area contributed by atoms with E-state index < -0.39 is 17.9 Å². The molecule has 6 heteroatoms. The molecule has 0 aromatic heterocycles. The zero-order chi connectivity index (χ0) is 31.8. The molecular formula is C40H28O6. The number of Topliss-reactive ketones (excluding diaryl/α,β-unsaturated/α-hetero) is 1. The van der Waals surface area contributed by atoms with Gasteiger partial charge in [0.15, 0.2) is 5.78 Å². The van der Waals surface area contributed by atoms with E-state index in [1.165, 1.54) is 32.3 Å². The molecule has 1 fully saturated rings. The van der Waals surface area contributed by atoms with E-state index >= 15 is 0 Å². The van der Waals surface area contributed by atoms with Crippen molar-refractivity contribution in [1.82, 2.24) is 0 Å². The lowest BCUT2D eigenvalue weighted by molar-refractivity contribution is -0.152. The Morgan fingerprint density at radius 2 is 0.870 bits per heavy atom. The number of ether oxygens (including phenoxy) is 1. The maximum atomic E-state index is 12.4. The molecule has 1 aliphatic rings. The SMILES string of the molecule is O=C(O)CCC(=O)c1ccc2ccc3cccc4ccc1c2c34.O=C1CCC(=O)O1.c1cc2ccc3cccc4ccc(c1)c2c34. The Bertz CT molecular complexity index is 2280. The lowest BCUT2D eigenvalue weighted by Gasteiger charge is -2.13. The van der Waals surface area contributed by atoms with Gasteiger partial charge in [-0.05, 0) is 64.6 Å². The van der Waals surface area contributed by atoms with Crippen LogP contribution in [0, 0.1) is 0 Å². The Morgan fingerprint density at radius 1 is 0.500 bits per heavy atom. The van der Waals surface area contributed by atoms with Crippen molar-refractivity contribution in [2.45, 2.75) is 25.7 Å². The number of cyclic esters (lactones) is 2. The summed E-state index contributed by atoms with van der Waals surface area (Å²) < 4.78 is 4.08. The molecule has 1 saturated heterocycles. The molecule has 0 aliphatic carbocycles. The number of carboxylic acids is 1. The highest BCUT2D eigenvalue weighted by Gasteiger charge is 2.19. The zero-order valence-corrected chi connectivity index (χ0v) is 24.8. The molecule has 6 nitrogen and oxygen atoms in total. The van der Waals surface area contributed by atoms with Gasteiger partial charge in [0.25, 0.3) is 0 Å².